The van der Waals surface area contributed by atoms with E-state index in [0.29, 0.717) is 0 Å². The summed E-state index contributed by atoms with van der Waals surface area (Å²) in [5.41, 5.74) is 5.05. The van der Waals surface area contributed by atoms with Gasteiger partial charge in [0.25, 0.3) is 0 Å². The van der Waals surface area contributed by atoms with Crippen LogP contribution in [0, 0.1) is 0 Å². The van der Waals surface area contributed by atoms with E-state index >= 15 is 0 Å². The van der Waals surface area contributed by atoms with E-state index in [1.807, 2.05) is 7.05 Å². The predicted molar refractivity (Wildman–Crippen MR) is 42.4 cm³/mol. The van der Waals surface area contributed by atoms with Crippen LogP contribution in [0.15, 0.2) is 12.2 Å². The van der Waals surface area contributed by atoms with Gasteiger partial charge >= 0.3 is 0 Å². The van der Waals surface area contributed by atoms with Crippen LogP contribution in [-0.4, -0.2) is 43.0 Å². The molecule has 1 saturated heterocycles. The molecule has 0 aromatic carbocycles. The Hall–Kier alpha value is -0.770. The lowest BCUT2D eigenvalue weighted by atomic mass is 10.3. The number of nitrogens with zero attached hydrogens (tertiary/aromatic N) is 2. The quantitative estimate of drug-likeness (QED) is 0.545. The van der Waals surface area contributed by atoms with E-state index < -0.39 is 0 Å². The Labute approximate surface area is 66.3 Å². The van der Waals surface area contributed by atoms with Crippen LogP contribution in [-0.2, 0) is 0 Å². The molecule has 1 rings (SSSR count). The van der Waals surface area contributed by atoms with Gasteiger partial charge in [-0.3, -0.25) is 0 Å². The molecule has 0 aromatic heterocycles. The molecule has 1 aliphatic heterocycles. The fraction of sp³-hybridized carbons (Fsp3) is 0.714. The standard InChI is InChI=1S/C7H14FN3/c1-10-2-4-11(5-3-10)7(8)6-9/h6H,2-5,9H2,1H3/b7-6-. The Bertz CT molecular complexity index is 150. The summed E-state index contributed by atoms with van der Waals surface area (Å²) in [7, 11) is 2.03. The molecule has 0 radical (unpaired) electrons. The first-order valence-corrected chi connectivity index (χ1v) is 3.75. The van der Waals surface area contributed by atoms with Gasteiger partial charge in [-0.05, 0) is 7.05 Å². The van der Waals surface area contributed by atoms with Crippen molar-refractivity contribution in [1.82, 2.24) is 9.80 Å². The predicted octanol–water partition coefficient (Wildman–Crippen LogP) is -0.0391. The maximum Gasteiger partial charge on any atom is 0.205 e. The van der Waals surface area contributed by atoms with Crippen LogP contribution in [0.4, 0.5) is 4.39 Å². The topological polar surface area (TPSA) is 32.5 Å². The highest BCUT2D eigenvalue weighted by Gasteiger charge is 2.15. The van der Waals surface area contributed by atoms with Crippen LogP contribution < -0.4 is 5.73 Å². The molecule has 64 valence electrons. The zero-order valence-corrected chi connectivity index (χ0v) is 6.76. The maximum absolute atomic E-state index is 12.8. The largest absolute Gasteiger partial charge is 0.401 e. The van der Waals surface area contributed by atoms with Crippen molar-refractivity contribution in [3.8, 4) is 0 Å². The minimum Gasteiger partial charge on any atom is -0.401 e. The highest BCUT2D eigenvalue weighted by Crippen LogP contribution is 2.07. The van der Waals surface area contributed by atoms with Gasteiger partial charge < -0.3 is 15.5 Å². The summed E-state index contributed by atoms with van der Waals surface area (Å²) in [4.78, 5) is 3.82. The SMILES string of the molecule is CN1CCN(/C(F)=C\N)CC1. The molecule has 11 heavy (non-hydrogen) atoms. The van der Waals surface area contributed by atoms with Gasteiger partial charge in [-0.15, -0.1) is 0 Å². The molecule has 0 atom stereocenters. The molecule has 1 fully saturated rings. The highest BCUT2D eigenvalue weighted by molar-refractivity contribution is 4.90. The normalized spacial score (nSPS) is 22.4. The molecule has 4 heteroatoms. The molecular formula is C7H14FN3. The van der Waals surface area contributed by atoms with Crippen molar-refractivity contribution >= 4 is 0 Å². The van der Waals surface area contributed by atoms with Crippen LogP contribution in [0.3, 0.4) is 0 Å². The zero-order chi connectivity index (χ0) is 8.27. The summed E-state index contributed by atoms with van der Waals surface area (Å²) < 4.78 is 12.8. The lowest BCUT2D eigenvalue weighted by Crippen LogP contribution is -2.43. The van der Waals surface area contributed by atoms with Gasteiger partial charge in [0.2, 0.25) is 5.95 Å². The van der Waals surface area contributed by atoms with E-state index in [1.165, 1.54) is 0 Å². The van der Waals surface area contributed by atoms with Crippen LogP contribution in [0.1, 0.15) is 0 Å². The van der Waals surface area contributed by atoms with Gasteiger partial charge in [-0.1, -0.05) is 0 Å². The number of halogens is 1. The lowest BCUT2D eigenvalue weighted by molar-refractivity contribution is 0.158. The van der Waals surface area contributed by atoms with Crippen molar-refractivity contribution < 1.29 is 4.39 Å². The van der Waals surface area contributed by atoms with Crippen LogP contribution in [0.5, 0.6) is 0 Å². The van der Waals surface area contributed by atoms with Gasteiger partial charge in [0, 0.05) is 32.4 Å². The molecule has 1 heterocycles. The van der Waals surface area contributed by atoms with E-state index in [4.69, 9.17) is 5.73 Å². The first-order valence-electron chi connectivity index (χ1n) is 3.75. The molecule has 0 spiro atoms. The molecule has 0 aliphatic carbocycles. The van der Waals surface area contributed by atoms with Crippen molar-refractivity contribution in [3.63, 3.8) is 0 Å². The summed E-state index contributed by atoms with van der Waals surface area (Å²) in [6, 6.07) is 0. The molecule has 2 N–H and O–H groups in total. The Balaban J connectivity index is 2.39. The van der Waals surface area contributed by atoms with E-state index in [-0.39, 0.29) is 5.95 Å². The second kappa shape index (κ2) is 3.57. The Morgan fingerprint density at radius 3 is 2.36 bits per heavy atom. The Morgan fingerprint density at radius 2 is 1.91 bits per heavy atom. The minimum absolute atomic E-state index is 0.307. The average molecular weight is 159 g/mol. The van der Waals surface area contributed by atoms with E-state index in [0.717, 1.165) is 32.4 Å². The van der Waals surface area contributed by atoms with E-state index in [1.54, 1.807) is 4.90 Å². The summed E-state index contributed by atoms with van der Waals surface area (Å²) in [6.07, 6.45) is 1.02. The number of likely N-dealkylation sites (N-methyl/N-ethyl adjacent to an activating group) is 1. The van der Waals surface area contributed by atoms with E-state index in [9.17, 15) is 4.39 Å². The van der Waals surface area contributed by atoms with E-state index in [2.05, 4.69) is 4.90 Å². The zero-order valence-electron chi connectivity index (χ0n) is 6.76. The van der Waals surface area contributed by atoms with Crippen molar-refractivity contribution in [2.24, 2.45) is 5.73 Å². The van der Waals surface area contributed by atoms with Crippen molar-refractivity contribution in [2.75, 3.05) is 33.2 Å². The third kappa shape index (κ3) is 2.08. The van der Waals surface area contributed by atoms with Crippen LogP contribution in [0.25, 0.3) is 0 Å². The van der Waals surface area contributed by atoms with Crippen molar-refractivity contribution in [2.45, 2.75) is 0 Å². The summed E-state index contributed by atoms with van der Waals surface area (Å²) >= 11 is 0. The second-order valence-electron chi connectivity index (χ2n) is 2.78. The first-order chi connectivity index (χ1) is 5.24. The third-order valence-corrected chi connectivity index (χ3v) is 1.94. The fourth-order valence-electron chi connectivity index (χ4n) is 1.13. The number of nitrogens with two attached hydrogens (primary N) is 1. The molecule has 0 saturated carbocycles. The molecule has 0 bridgehead atoms. The maximum atomic E-state index is 12.8. The molecule has 0 unspecified atom stereocenters. The third-order valence-electron chi connectivity index (χ3n) is 1.94. The average Bonchev–Trinajstić information content (AvgIpc) is 2.05. The van der Waals surface area contributed by atoms with Crippen molar-refractivity contribution in [1.29, 1.82) is 0 Å². The number of piperazine rings is 1. The Morgan fingerprint density at radius 1 is 1.36 bits per heavy atom. The highest BCUT2D eigenvalue weighted by atomic mass is 19.1. The van der Waals surface area contributed by atoms with Crippen LogP contribution >= 0.6 is 0 Å². The van der Waals surface area contributed by atoms with Gasteiger partial charge in [0.05, 0.1) is 0 Å². The monoisotopic (exact) mass is 159 g/mol. The first kappa shape index (κ1) is 8.33. The fourth-order valence-corrected chi connectivity index (χ4v) is 1.13. The minimum atomic E-state index is -0.307. The molecule has 0 aromatic rings. The number of hydrogen-bond donors (Lipinski definition) is 1. The van der Waals surface area contributed by atoms with Gasteiger partial charge in [0.15, 0.2) is 0 Å². The molecule has 1 aliphatic rings. The number of rotatable bonds is 1. The molecule has 0 amide bonds. The van der Waals surface area contributed by atoms with Crippen molar-refractivity contribution in [3.05, 3.63) is 12.2 Å². The van der Waals surface area contributed by atoms with Gasteiger partial charge in [0.1, 0.15) is 0 Å². The van der Waals surface area contributed by atoms with Crippen LogP contribution in [0.2, 0.25) is 0 Å². The van der Waals surface area contributed by atoms with Gasteiger partial charge in [-0.2, -0.15) is 4.39 Å². The smallest absolute Gasteiger partial charge is 0.205 e. The second-order valence-corrected chi connectivity index (χ2v) is 2.78. The Kier molecular flexibility index (Phi) is 2.70. The molecular weight excluding hydrogens is 145 g/mol. The summed E-state index contributed by atoms with van der Waals surface area (Å²) in [5, 5.41) is 0. The van der Waals surface area contributed by atoms with Gasteiger partial charge in [-0.25, -0.2) is 0 Å². The number of hydrogen-bond acceptors (Lipinski definition) is 3. The lowest BCUT2D eigenvalue weighted by Gasteiger charge is -2.32. The summed E-state index contributed by atoms with van der Waals surface area (Å²) in [5.74, 6) is -0.307. The summed E-state index contributed by atoms with van der Waals surface area (Å²) in [6.45, 7) is 3.27. The molecule has 3 nitrogen and oxygen atoms in total.